The summed E-state index contributed by atoms with van der Waals surface area (Å²) < 4.78 is 1.27. The van der Waals surface area contributed by atoms with Crippen molar-refractivity contribution in [2.24, 2.45) is 0 Å². The fourth-order valence-corrected chi connectivity index (χ4v) is 3.95. The van der Waals surface area contributed by atoms with Crippen LogP contribution in [-0.4, -0.2) is 35.6 Å². The van der Waals surface area contributed by atoms with Gasteiger partial charge in [0.2, 0.25) is 0 Å². The van der Waals surface area contributed by atoms with Gasteiger partial charge in [-0.3, -0.25) is 0 Å². The molecule has 1 fully saturated rings. The Balaban J connectivity index is 1.48. The van der Waals surface area contributed by atoms with Crippen LogP contribution in [0.25, 0.3) is 10.2 Å². The Bertz CT molecular complexity index is 593. The monoisotopic (exact) mass is 303 g/mol. The van der Waals surface area contributed by atoms with Crippen LogP contribution < -0.4 is 5.32 Å². The fourth-order valence-electron chi connectivity index (χ4n) is 3.08. The van der Waals surface area contributed by atoms with E-state index < -0.39 is 0 Å². The van der Waals surface area contributed by atoms with E-state index in [-0.39, 0.29) is 0 Å². The van der Waals surface area contributed by atoms with Crippen LogP contribution in [0.3, 0.4) is 0 Å². The van der Waals surface area contributed by atoms with Crippen molar-refractivity contribution in [2.75, 3.05) is 25.0 Å². The molecule has 1 N–H and O–H groups in total. The molecule has 21 heavy (non-hydrogen) atoms. The van der Waals surface area contributed by atoms with Gasteiger partial charge in [0.05, 0.1) is 10.2 Å². The Morgan fingerprint density at radius 1 is 1.38 bits per heavy atom. The third-order valence-corrected chi connectivity index (χ3v) is 5.38. The van der Waals surface area contributed by atoms with E-state index in [1.54, 1.807) is 11.3 Å². The van der Waals surface area contributed by atoms with Crippen LogP contribution in [0.4, 0.5) is 5.13 Å². The zero-order valence-corrected chi connectivity index (χ0v) is 13.9. The first-order chi connectivity index (χ1) is 10.2. The molecule has 0 radical (unpaired) electrons. The maximum absolute atomic E-state index is 4.67. The second kappa shape index (κ2) is 6.75. The zero-order chi connectivity index (χ0) is 14.7. The van der Waals surface area contributed by atoms with Crippen molar-refractivity contribution in [3.05, 3.63) is 23.8 Å². The second-order valence-corrected chi connectivity index (χ2v) is 7.18. The first kappa shape index (κ1) is 14.8. The summed E-state index contributed by atoms with van der Waals surface area (Å²) in [5.41, 5.74) is 2.39. The minimum atomic E-state index is 0.768. The highest BCUT2D eigenvalue weighted by Crippen LogP contribution is 2.26. The van der Waals surface area contributed by atoms with Gasteiger partial charge in [-0.15, -0.1) is 0 Å². The molecule has 0 spiro atoms. The Morgan fingerprint density at radius 2 is 2.29 bits per heavy atom. The number of thiazole rings is 1. The maximum atomic E-state index is 4.67. The molecule has 0 aliphatic carbocycles. The Morgan fingerprint density at radius 3 is 3.14 bits per heavy atom. The van der Waals surface area contributed by atoms with E-state index in [2.05, 4.69) is 47.2 Å². The molecule has 4 heteroatoms. The summed E-state index contributed by atoms with van der Waals surface area (Å²) in [5, 5.41) is 4.55. The molecular formula is C17H25N3S. The summed E-state index contributed by atoms with van der Waals surface area (Å²) in [6.07, 6.45) is 5.33. The van der Waals surface area contributed by atoms with E-state index in [1.165, 1.54) is 49.0 Å². The first-order valence-electron chi connectivity index (χ1n) is 8.07. The maximum Gasteiger partial charge on any atom is 0.183 e. The molecule has 2 heterocycles. The summed E-state index contributed by atoms with van der Waals surface area (Å²) in [4.78, 5) is 7.30. The number of rotatable bonds is 5. The van der Waals surface area contributed by atoms with E-state index >= 15 is 0 Å². The van der Waals surface area contributed by atoms with E-state index in [1.807, 2.05) is 0 Å². The van der Waals surface area contributed by atoms with Gasteiger partial charge in [0.25, 0.3) is 0 Å². The number of nitrogens with zero attached hydrogens (tertiary/aromatic N) is 2. The summed E-state index contributed by atoms with van der Waals surface area (Å²) in [6, 6.07) is 7.25. The van der Waals surface area contributed by atoms with Crippen molar-refractivity contribution in [2.45, 2.75) is 45.6 Å². The van der Waals surface area contributed by atoms with E-state index in [9.17, 15) is 0 Å². The van der Waals surface area contributed by atoms with Crippen molar-refractivity contribution in [3.8, 4) is 0 Å². The quantitative estimate of drug-likeness (QED) is 0.836. The SMILES string of the molecule is Cc1ccc2sc(NCCCN3CCCCC3C)nc2c1. The van der Waals surface area contributed by atoms with Gasteiger partial charge in [0, 0.05) is 19.1 Å². The number of nitrogens with one attached hydrogen (secondary N) is 1. The lowest BCUT2D eigenvalue weighted by molar-refractivity contribution is 0.160. The standard InChI is InChI=1S/C17H25N3S/c1-13-7-8-16-15(12-13)19-17(21-16)18-9-5-11-20-10-4-3-6-14(20)2/h7-8,12,14H,3-6,9-11H2,1-2H3,(H,18,19). The van der Waals surface area contributed by atoms with Gasteiger partial charge in [0.1, 0.15) is 0 Å². The van der Waals surface area contributed by atoms with Crippen LogP contribution in [0.5, 0.6) is 0 Å². The van der Waals surface area contributed by atoms with Gasteiger partial charge < -0.3 is 10.2 Å². The molecular weight excluding hydrogens is 278 g/mol. The van der Waals surface area contributed by atoms with Gasteiger partial charge in [-0.25, -0.2) is 4.98 Å². The molecule has 0 saturated carbocycles. The number of hydrogen-bond donors (Lipinski definition) is 1. The fraction of sp³-hybridized carbons (Fsp3) is 0.588. The lowest BCUT2D eigenvalue weighted by Crippen LogP contribution is -2.38. The van der Waals surface area contributed by atoms with Gasteiger partial charge in [-0.05, 0) is 57.4 Å². The van der Waals surface area contributed by atoms with E-state index in [4.69, 9.17) is 0 Å². The molecule has 0 amide bonds. The molecule has 1 aliphatic heterocycles. The van der Waals surface area contributed by atoms with Crippen LogP contribution in [0.2, 0.25) is 0 Å². The lowest BCUT2D eigenvalue weighted by atomic mass is 10.0. The summed E-state index contributed by atoms with van der Waals surface area (Å²) in [5.74, 6) is 0. The lowest BCUT2D eigenvalue weighted by Gasteiger charge is -2.33. The van der Waals surface area contributed by atoms with E-state index in [0.29, 0.717) is 0 Å². The molecule has 3 rings (SSSR count). The number of aryl methyl sites for hydroxylation is 1. The number of fused-ring (bicyclic) bond motifs is 1. The predicted octanol–water partition coefficient (Wildman–Crippen LogP) is 4.28. The molecule has 1 aromatic heterocycles. The molecule has 0 bridgehead atoms. The van der Waals surface area contributed by atoms with Crippen molar-refractivity contribution in [1.82, 2.24) is 9.88 Å². The first-order valence-corrected chi connectivity index (χ1v) is 8.89. The molecule has 1 aromatic carbocycles. The topological polar surface area (TPSA) is 28.2 Å². The second-order valence-electron chi connectivity index (χ2n) is 6.15. The van der Waals surface area contributed by atoms with Crippen LogP contribution in [0, 0.1) is 6.92 Å². The molecule has 2 aromatic rings. The smallest absolute Gasteiger partial charge is 0.183 e. The van der Waals surface area contributed by atoms with Crippen LogP contribution in [-0.2, 0) is 0 Å². The molecule has 1 saturated heterocycles. The van der Waals surface area contributed by atoms with Crippen molar-refractivity contribution in [3.63, 3.8) is 0 Å². The molecule has 1 unspecified atom stereocenters. The largest absolute Gasteiger partial charge is 0.361 e. The average Bonchev–Trinajstić information content (AvgIpc) is 2.87. The predicted molar refractivity (Wildman–Crippen MR) is 92.3 cm³/mol. The van der Waals surface area contributed by atoms with Crippen LogP contribution >= 0.6 is 11.3 Å². The van der Waals surface area contributed by atoms with Crippen molar-refractivity contribution in [1.29, 1.82) is 0 Å². The number of benzene rings is 1. The average molecular weight is 303 g/mol. The highest BCUT2D eigenvalue weighted by molar-refractivity contribution is 7.22. The summed E-state index contributed by atoms with van der Waals surface area (Å²) in [6.45, 7) is 7.98. The van der Waals surface area contributed by atoms with E-state index in [0.717, 1.165) is 23.2 Å². The molecule has 1 aliphatic rings. The number of likely N-dealkylation sites (tertiary alicyclic amines) is 1. The minimum Gasteiger partial charge on any atom is -0.361 e. The van der Waals surface area contributed by atoms with Crippen LogP contribution in [0.15, 0.2) is 18.2 Å². The van der Waals surface area contributed by atoms with Gasteiger partial charge in [0.15, 0.2) is 5.13 Å². The number of aromatic nitrogens is 1. The Labute approximate surface area is 131 Å². The highest BCUT2D eigenvalue weighted by Gasteiger charge is 2.17. The van der Waals surface area contributed by atoms with Crippen molar-refractivity contribution >= 4 is 26.7 Å². The Kier molecular flexibility index (Phi) is 4.76. The van der Waals surface area contributed by atoms with Gasteiger partial charge in [-0.2, -0.15) is 0 Å². The van der Waals surface area contributed by atoms with Gasteiger partial charge in [-0.1, -0.05) is 23.8 Å². The third kappa shape index (κ3) is 3.74. The van der Waals surface area contributed by atoms with Crippen LogP contribution in [0.1, 0.15) is 38.2 Å². The van der Waals surface area contributed by atoms with Gasteiger partial charge >= 0.3 is 0 Å². The molecule has 114 valence electrons. The number of anilines is 1. The highest BCUT2D eigenvalue weighted by atomic mass is 32.1. The summed E-state index contributed by atoms with van der Waals surface area (Å²) in [7, 11) is 0. The normalized spacial score (nSPS) is 20.0. The van der Waals surface area contributed by atoms with Crippen molar-refractivity contribution < 1.29 is 0 Å². The Hall–Kier alpha value is -1.13. The summed E-state index contributed by atoms with van der Waals surface area (Å²) >= 11 is 1.76. The molecule has 1 atom stereocenters. The number of piperidine rings is 1. The number of hydrogen-bond acceptors (Lipinski definition) is 4. The zero-order valence-electron chi connectivity index (χ0n) is 13.1. The minimum absolute atomic E-state index is 0.768. The molecule has 3 nitrogen and oxygen atoms in total. The third-order valence-electron chi connectivity index (χ3n) is 4.38.